The molecule has 0 amide bonds. The number of rotatable bonds is 3. The largest absolute Gasteiger partial charge is 0.310 e. The van der Waals surface area contributed by atoms with E-state index in [9.17, 15) is 0 Å². The molecule has 16 heavy (non-hydrogen) atoms. The van der Waals surface area contributed by atoms with Crippen molar-refractivity contribution in [3.63, 3.8) is 0 Å². The van der Waals surface area contributed by atoms with E-state index in [2.05, 4.69) is 53.0 Å². The first-order valence-electron chi connectivity index (χ1n) is 6.25. The molecule has 0 unspecified atom stereocenters. The van der Waals surface area contributed by atoms with Gasteiger partial charge >= 0.3 is 0 Å². The van der Waals surface area contributed by atoms with Crippen LogP contribution in [0.25, 0.3) is 0 Å². The Balaban J connectivity index is 1.91. The van der Waals surface area contributed by atoms with E-state index in [1.807, 2.05) is 0 Å². The van der Waals surface area contributed by atoms with Crippen molar-refractivity contribution < 1.29 is 0 Å². The van der Waals surface area contributed by atoms with E-state index >= 15 is 0 Å². The van der Waals surface area contributed by atoms with Crippen molar-refractivity contribution >= 4 is 22.6 Å². The Morgan fingerprint density at radius 2 is 2.00 bits per heavy atom. The lowest BCUT2D eigenvalue weighted by Gasteiger charge is -2.23. The molecule has 0 aromatic heterocycles. The van der Waals surface area contributed by atoms with Crippen LogP contribution in [0.4, 0.5) is 0 Å². The third kappa shape index (κ3) is 3.20. The summed E-state index contributed by atoms with van der Waals surface area (Å²) in [4.78, 5) is 0. The second-order valence-corrected chi connectivity index (χ2v) is 5.84. The Morgan fingerprint density at radius 1 is 1.25 bits per heavy atom. The van der Waals surface area contributed by atoms with Gasteiger partial charge in [0, 0.05) is 16.2 Å². The zero-order chi connectivity index (χ0) is 11.4. The number of hydrogen-bond acceptors (Lipinski definition) is 1. The van der Waals surface area contributed by atoms with E-state index in [0.29, 0.717) is 0 Å². The van der Waals surface area contributed by atoms with Crippen molar-refractivity contribution in [1.29, 1.82) is 0 Å². The first-order chi connectivity index (χ1) is 7.77. The molecule has 0 bridgehead atoms. The summed E-state index contributed by atoms with van der Waals surface area (Å²) in [7, 11) is 0. The van der Waals surface area contributed by atoms with Crippen LogP contribution in [0.3, 0.4) is 0 Å². The summed E-state index contributed by atoms with van der Waals surface area (Å²) in [6, 6.07) is 7.34. The van der Waals surface area contributed by atoms with Crippen molar-refractivity contribution in [3.8, 4) is 0 Å². The maximum atomic E-state index is 3.70. The third-order valence-corrected chi connectivity index (χ3v) is 5.00. The molecule has 0 spiro atoms. The zero-order valence-corrected chi connectivity index (χ0v) is 12.1. The summed E-state index contributed by atoms with van der Waals surface area (Å²) in [5.74, 6) is 0. The number of benzene rings is 1. The van der Waals surface area contributed by atoms with Crippen LogP contribution < -0.4 is 5.32 Å². The molecule has 1 aromatic rings. The highest BCUT2D eigenvalue weighted by atomic mass is 127. The highest BCUT2D eigenvalue weighted by Gasteiger charge is 2.12. The van der Waals surface area contributed by atoms with Crippen molar-refractivity contribution in [2.24, 2.45) is 0 Å². The normalized spacial score (nSPS) is 17.6. The van der Waals surface area contributed by atoms with Gasteiger partial charge in [0.2, 0.25) is 0 Å². The average molecular weight is 329 g/mol. The fourth-order valence-electron chi connectivity index (χ4n) is 2.41. The van der Waals surface area contributed by atoms with E-state index in [4.69, 9.17) is 0 Å². The first kappa shape index (κ1) is 12.4. The zero-order valence-electron chi connectivity index (χ0n) is 9.93. The summed E-state index contributed by atoms with van der Waals surface area (Å²) in [5, 5.41) is 3.70. The molecular weight excluding hydrogens is 309 g/mol. The van der Waals surface area contributed by atoms with Gasteiger partial charge in [-0.05, 0) is 53.5 Å². The minimum atomic E-state index is 0.755. The predicted octanol–water partition coefficient (Wildman–Crippen LogP) is 4.02. The molecule has 1 aliphatic rings. The fourth-order valence-corrected chi connectivity index (χ4v) is 2.96. The predicted molar refractivity (Wildman–Crippen MR) is 77.6 cm³/mol. The van der Waals surface area contributed by atoms with Crippen LogP contribution in [0.15, 0.2) is 18.2 Å². The second kappa shape index (κ2) is 6.01. The highest BCUT2D eigenvalue weighted by Crippen LogP contribution is 2.20. The second-order valence-electron chi connectivity index (χ2n) is 4.76. The molecule has 0 aliphatic heterocycles. The van der Waals surface area contributed by atoms with Crippen molar-refractivity contribution in [2.45, 2.75) is 51.6 Å². The van der Waals surface area contributed by atoms with Gasteiger partial charge in [0.1, 0.15) is 0 Å². The summed E-state index contributed by atoms with van der Waals surface area (Å²) >= 11 is 2.46. The number of aryl methyl sites for hydroxylation is 1. The molecule has 1 fully saturated rings. The van der Waals surface area contributed by atoms with E-state index in [0.717, 1.165) is 12.6 Å². The van der Waals surface area contributed by atoms with Gasteiger partial charge in [-0.25, -0.2) is 0 Å². The lowest BCUT2D eigenvalue weighted by molar-refractivity contribution is 0.372. The Labute approximate surface area is 112 Å². The molecule has 1 aromatic carbocycles. The molecule has 1 N–H and O–H groups in total. The fraction of sp³-hybridized carbons (Fsp3) is 0.571. The topological polar surface area (TPSA) is 12.0 Å². The first-order valence-corrected chi connectivity index (χ1v) is 7.32. The summed E-state index contributed by atoms with van der Waals surface area (Å²) in [5.41, 5.74) is 2.84. The minimum absolute atomic E-state index is 0.755. The SMILES string of the molecule is Cc1cccc(CNC2CCCCC2)c1I. The lowest BCUT2D eigenvalue weighted by Crippen LogP contribution is -2.30. The van der Waals surface area contributed by atoms with Gasteiger partial charge in [-0.2, -0.15) is 0 Å². The molecule has 1 aliphatic carbocycles. The molecule has 2 heteroatoms. The summed E-state index contributed by atoms with van der Waals surface area (Å²) < 4.78 is 1.42. The summed E-state index contributed by atoms with van der Waals surface area (Å²) in [6.45, 7) is 3.22. The Morgan fingerprint density at radius 3 is 2.75 bits per heavy atom. The van der Waals surface area contributed by atoms with Crippen molar-refractivity contribution in [3.05, 3.63) is 32.9 Å². The molecule has 88 valence electrons. The van der Waals surface area contributed by atoms with E-state index in [-0.39, 0.29) is 0 Å². The molecule has 2 rings (SSSR count). The number of nitrogens with one attached hydrogen (secondary N) is 1. The maximum Gasteiger partial charge on any atom is 0.0218 e. The van der Waals surface area contributed by atoms with Crippen molar-refractivity contribution in [2.75, 3.05) is 0 Å². The van der Waals surface area contributed by atoms with Crippen LogP contribution in [0, 0.1) is 10.5 Å². The molecule has 0 radical (unpaired) electrons. The Kier molecular flexibility index (Phi) is 4.65. The van der Waals surface area contributed by atoms with Gasteiger partial charge in [0.05, 0.1) is 0 Å². The van der Waals surface area contributed by atoms with E-state index in [1.54, 1.807) is 0 Å². The monoisotopic (exact) mass is 329 g/mol. The smallest absolute Gasteiger partial charge is 0.0218 e. The molecule has 0 atom stereocenters. The van der Waals surface area contributed by atoms with Crippen LogP contribution in [0.1, 0.15) is 43.2 Å². The average Bonchev–Trinajstić information content (AvgIpc) is 2.32. The molecular formula is C14H20IN. The van der Waals surface area contributed by atoms with Gasteiger partial charge in [0.25, 0.3) is 0 Å². The summed E-state index contributed by atoms with van der Waals surface area (Å²) in [6.07, 6.45) is 6.97. The number of halogens is 1. The standard InChI is InChI=1S/C14H20IN/c1-11-6-5-7-12(14(11)15)10-16-13-8-3-2-4-9-13/h5-7,13,16H,2-4,8-10H2,1H3. The Hall–Kier alpha value is -0.0900. The van der Waals surface area contributed by atoms with E-state index < -0.39 is 0 Å². The molecule has 0 saturated heterocycles. The van der Waals surface area contributed by atoms with Crippen molar-refractivity contribution in [1.82, 2.24) is 5.32 Å². The maximum absolute atomic E-state index is 3.70. The minimum Gasteiger partial charge on any atom is -0.310 e. The van der Waals surface area contributed by atoms with Crippen LogP contribution >= 0.6 is 22.6 Å². The van der Waals surface area contributed by atoms with Gasteiger partial charge in [-0.3, -0.25) is 0 Å². The molecule has 1 saturated carbocycles. The van der Waals surface area contributed by atoms with Gasteiger partial charge in [-0.15, -0.1) is 0 Å². The lowest BCUT2D eigenvalue weighted by atomic mass is 9.95. The molecule has 0 heterocycles. The number of hydrogen-bond donors (Lipinski definition) is 1. The van der Waals surface area contributed by atoms with Gasteiger partial charge < -0.3 is 5.32 Å². The molecule has 1 nitrogen and oxygen atoms in total. The van der Waals surface area contributed by atoms with Crippen LogP contribution in [-0.4, -0.2) is 6.04 Å². The Bertz CT molecular complexity index is 343. The quantitative estimate of drug-likeness (QED) is 0.826. The highest BCUT2D eigenvalue weighted by molar-refractivity contribution is 14.1. The van der Waals surface area contributed by atoms with Gasteiger partial charge in [-0.1, -0.05) is 37.5 Å². The van der Waals surface area contributed by atoms with Crippen LogP contribution in [0.2, 0.25) is 0 Å². The van der Waals surface area contributed by atoms with E-state index in [1.165, 1.54) is 46.8 Å². The third-order valence-electron chi connectivity index (χ3n) is 3.46. The van der Waals surface area contributed by atoms with Gasteiger partial charge in [0.15, 0.2) is 0 Å². The van der Waals surface area contributed by atoms with Crippen LogP contribution in [0.5, 0.6) is 0 Å². The van der Waals surface area contributed by atoms with Crippen LogP contribution in [-0.2, 0) is 6.54 Å².